The number of benzene rings is 1. The van der Waals surface area contributed by atoms with Gasteiger partial charge in [0, 0.05) is 23.8 Å². The first-order valence-electron chi connectivity index (χ1n) is 6.28. The van der Waals surface area contributed by atoms with Gasteiger partial charge < -0.3 is 15.0 Å². The van der Waals surface area contributed by atoms with Crippen LogP contribution in [0.25, 0.3) is 10.9 Å². The molecule has 98 valence electrons. The third-order valence-corrected chi connectivity index (χ3v) is 3.60. The van der Waals surface area contributed by atoms with Gasteiger partial charge in [-0.05, 0) is 36.4 Å². The summed E-state index contributed by atoms with van der Waals surface area (Å²) in [6, 6.07) is 6.63. The highest BCUT2D eigenvalue weighted by Crippen LogP contribution is 2.22. The minimum atomic E-state index is -0.924. The molecular weight excluding hydrogens is 244 g/mol. The first kappa shape index (κ1) is 11.8. The van der Waals surface area contributed by atoms with Gasteiger partial charge in [-0.15, -0.1) is 0 Å². The highest BCUT2D eigenvalue weighted by molar-refractivity contribution is 5.99. The third kappa shape index (κ3) is 1.97. The summed E-state index contributed by atoms with van der Waals surface area (Å²) >= 11 is 0. The molecular formula is C14H14N2O3. The molecule has 1 aliphatic heterocycles. The Morgan fingerprint density at radius 1 is 1.32 bits per heavy atom. The minimum Gasteiger partial charge on any atom is -0.480 e. The summed E-state index contributed by atoms with van der Waals surface area (Å²) in [6.45, 7) is 0.512. The molecule has 1 fully saturated rings. The van der Waals surface area contributed by atoms with Crippen molar-refractivity contribution in [3.8, 4) is 0 Å². The second kappa shape index (κ2) is 4.42. The van der Waals surface area contributed by atoms with E-state index in [2.05, 4.69) is 4.98 Å². The van der Waals surface area contributed by atoms with E-state index in [1.165, 1.54) is 4.90 Å². The molecule has 2 heterocycles. The number of H-pyrrole nitrogens is 1. The van der Waals surface area contributed by atoms with Gasteiger partial charge in [0.05, 0.1) is 0 Å². The first-order chi connectivity index (χ1) is 9.16. The molecule has 2 aromatic rings. The predicted molar refractivity (Wildman–Crippen MR) is 70.0 cm³/mol. The summed E-state index contributed by atoms with van der Waals surface area (Å²) < 4.78 is 0. The van der Waals surface area contributed by atoms with Crippen LogP contribution in [0.2, 0.25) is 0 Å². The fourth-order valence-corrected chi connectivity index (χ4v) is 2.61. The standard InChI is InChI=1S/C14H14N2O3/c17-13(16-7-1-2-12(16)14(18)19)10-4-3-9-5-6-15-11(9)8-10/h3-6,8,12,15H,1-2,7H2,(H,18,19). The Labute approximate surface area is 109 Å². The molecule has 0 aliphatic carbocycles. The number of rotatable bonds is 2. The number of fused-ring (bicyclic) bond motifs is 1. The van der Waals surface area contributed by atoms with Gasteiger partial charge in [0.1, 0.15) is 6.04 Å². The molecule has 0 radical (unpaired) electrons. The summed E-state index contributed by atoms with van der Waals surface area (Å²) in [6.07, 6.45) is 3.09. The number of nitrogens with zero attached hydrogens (tertiary/aromatic N) is 1. The molecule has 0 bridgehead atoms. The van der Waals surface area contributed by atoms with Crippen LogP contribution in [0.15, 0.2) is 30.5 Å². The molecule has 5 heteroatoms. The molecule has 0 spiro atoms. The maximum absolute atomic E-state index is 12.4. The Balaban J connectivity index is 1.92. The van der Waals surface area contributed by atoms with Crippen molar-refractivity contribution >= 4 is 22.8 Å². The second-order valence-electron chi connectivity index (χ2n) is 4.77. The topological polar surface area (TPSA) is 73.4 Å². The average Bonchev–Trinajstić information content (AvgIpc) is 3.05. The number of aromatic amines is 1. The molecule has 1 saturated heterocycles. The van der Waals surface area contributed by atoms with E-state index in [0.717, 1.165) is 17.3 Å². The van der Waals surface area contributed by atoms with Gasteiger partial charge in [-0.2, -0.15) is 0 Å². The molecule has 19 heavy (non-hydrogen) atoms. The van der Waals surface area contributed by atoms with Gasteiger partial charge in [0.2, 0.25) is 0 Å². The molecule has 1 aliphatic rings. The van der Waals surface area contributed by atoms with Gasteiger partial charge in [-0.1, -0.05) is 6.07 Å². The largest absolute Gasteiger partial charge is 0.480 e. The van der Waals surface area contributed by atoms with Crippen molar-refractivity contribution in [3.05, 3.63) is 36.0 Å². The van der Waals surface area contributed by atoms with Gasteiger partial charge >= 0.3 is 5.97 Å². The van der Waals surface area contributed by atoms with Crippen LogP contribution < -0.4 is 0 Å². The van der Waals surface area contributed by atoms with Gasteiger partial charge in [0.15, 0.2) is 0 Å². The van der Waals surface area contributed by atoms with Crippen LogP contribution in [-0.4, -0.2) is 39.5 Å². The molecule has 1 amide bonds. The normalized spacial score (nSPS) is 18.9. The summed E-state index contributed by atoms with van der Waals surface area (Å²) in [7, 11) is 0. The predicted octanol–water partition coefficient (Wildman–Crippen LogP) is 1.86. The summed E-state index contributed by atoms with van der Waals surface area (Å²) in [4.78, 5) is 28.0. The lowest BCUT2D eigenvalue weighted by Gasteiger charge is -2.21. The Bertz CT molecular complexity index is 647. The lowest BCUT2D eigenvalue weighted by molar-refractivity contribution is -0.141. The fraction of sp³-hybridized carbons (Fsp3) is 0.286. The maximum Gasteiger partial charge on any atom is 0.326 e. The number of carbonyl (C=O) groups is 2. The number of hydrogen-bond donors (Lipinski definition) is 2. The van der Waals surface area contributed by atoms with Crippen LogP contribution in [0.5, 0.6) is 0 Å². The van der Waals surface area contributed by atoms with Crippen molar-refractivity contribution in [2.24, 2.45) is 0 Å². The van der Waals surface area contributed by atoms with Crippen molar-refractivity contribution in [1.29, 1.82) is 0 Å². The smallest absolute Gasteiger partial charge is 0.326 e. The SMILES string of the molecule is O=C(O)C1CCCN1C(=O)c1ccc2cc[nH]c2c1. The lowest BCUT2D eigenvalue weighted by atomic mass is 10.1. The number of carboxylic acids is 1. The minimum absolute atomic E-state index is 0.207. The maximum atomic E-state index is 12.4. The van der Waals surface area contributed by atoms with Crippen LogP contribution in [-0.2, 0) is 4.79 Å². The molecule has 0 saturated carbocycles. The number of aliphatic carboxylic acids is 1. The molecule has 2 N–H and O–H groups in total. The van der Waals surface area contributed by atoms with E-state index in [0.29, 0.717) is 18.5 Å². The fourth-order valence-electron chi connectivity index (χ4n) is 2.61. The van der Waals surface area contributed by atoms with E-state index >= 15 is 0 Å². The molecule has 1 unspecified atom stereocenters. The summed E-state index contributed by atoms with van der Waals surface area (Å²) in [5.74, 6) is -1.13. The molecule has 1 aromatic carbocycles. The molecule has 3 rings (SSSR count). The monoisotopic (exact) mass is 258 g/mol. The highest BCUT2D eigenvalue weighted by atomic mass is 16.4. The first-order valence-corrected chi connectivity index (χ1v) is 6.28. The van der Waals surface area contributed by atoms with Crippen molar-refractivity contribution in [1.82, 2.24) is 9.88 Å². The van der Waals surface area contributed by atoms with E-state index in [4.69, 9.17) is 5.11 Å². The van der Waals surface area contributed by atoms with Crippen LogP contribution in [0.1, 0.15) is 23.2 Å². The number of nitrogens with one attached hydrogen (secondary N) is 1. The third-order valence-electron chi connectivity index (χ3n) is 3.60. The van der Waals surface area contributed by atoms with E-state index in [1.54, 1.807) is 12.1 Å². The zero-order chi connectivity index (χ0) is 13.4. The number of hydrogen-bond acceptors (Lipinski definition) is 2. The number of carbonyl (C=O) groups excluding carboxylic acids is 1. The van der Waals surface area contributed by atoms with Gasteiger partial charge in [-0.25, -0.2) is 4.79 Å². The molecule has 1 atom stereocenters. The Morgan fingerprint density at radius 3 is 2.95 bits per heavy atom. The van der Waals surface area contributed by atoms with E-state index < -0.39 is 12.0 Å². The van der Waals surface area contributed by atoms with Crippen molar-refractivity contribution in [3.63, 3.8) is 0 Å². The number of carboxylic acid groups (broad SMARTS) is 1. The average molecular weight is 258 g/mol. The summed E-state index contributed by atoms with van der Waals surface area (Å²) in [5, 5.41) is 10.2. The van der Waals surface area contributed by atoms with Crippen molar-refractivity contribution in [2.75, 3.05) is 6.54 Å². The number of likely N-dealkylation sites (tertiary alicyclic amines) is 1. The zero-order valence-electron chi connectivity index (χ0n) is 10.3. The zero-order valence-corrected chi connectivity index (χ0v) is 10.3. The summed E-state index contributed by atoms with van der Waals surface area (Å²) in [5.41, 5.74) is 1.42. The van der Waals surface area contributed by atoms with E-state index in [9.17, 15) is 9.59 Å². The van der Waals surface area contributed by atoms with Crippen molar-refractivity contribution < 1.29 is 14.7 Å². The highest BCUT2D eigenvalue weighted by Gasteiger charge is 2.34. The Morgan fingerprint density at radius 2 is 2.16 bits per heavy atom. The van der Waals surface area contributed by atoms with Crippen LogP contribution >= 0.6 is 0 Å². The lowest BCUT2D eigenvalue weighted by Crippen LogP contribution is -2.40. The second-order valence-corrected chi connectivity index (χ2v) is 4.77. The quantitative estimate of drug-likeness (QED) is 0.863. The Kier molecular flexibility index (Phi) is 2.74. The van der Waals surface area contributed by atoms with E-state index in [1.807, 2.05) is 18.3 Å². The number of amides is 1. The van der Waals surface area contributed by atoms with Gasteiger partial charge in [-0.3, -0.25) is 4.79 Å². The molecule has 1 aromatic heterocycles. The van der Waals surface area contributed by atoms with Crippen LogP contribution in [0.4, 0.5) is 0 Å². The van der Waals surface area contributed by atoms with E-state index in [-0.39, 0.29) is 5.91 Å². The van der Waals surface area contributed by atoms with Crippen molar-refractivity contribution in [2.45, 2.75) is 18.9 Å². The molecule has 5 nitrogen and oxygen atoms in total. The van der Waals surface area contributed by atoms with Crippen LogP contribution in [0.3, 0.4) is 0 Å². The van der Waals surface area contributed by atoms with Crippen LogP contribution in [0, 0.1) is 0 Å². The Hall–Kier alpha value is -2.30. The van der Waals surface area contributed by atoms with Gasteiger partial charge in [0.25, 0.3) is 5.91 Å². The number of aromatic nitrogens is 1.